The van der Waals surface area contributed by atoms with Gasteiger partial charge >= 0.3 is 0 Å². The Hall–Kier alpha value is -1.87. The maximum Gasteiger partial charge on any atom is 0.123 e. The summed E-state index contributed by atoms with van der Waals surface area (Å²) in [5, 5.41) is 0. The van der Waals surface area contributed by atoms with Gasteiger partial charge in [-0.25, -0.2) is 0 Å². The lowest BCUT2D eigenvalue weighted by atomic mass is 10.0. The predicted octanol–water partition coefficient (Wildman–Crippen LogP) is 2.53. The minimum atomic E-state index is 0.281. The second-order valence-electron chi connectivity index (χ2n) is 4.74. The van der Waals surface area contributed by atoms with Crippen LogP contribution in [0.15, 0.2) is 36.7 Å². The monoisotopic (exact) mass is 240 g/mol. The van der Waals surface area contributed by atoms with E-state index in [0.717, 1.165) is 23.3 Å². The van der Waals surface area contributed by atoms with E-state index in [2.05, 4.69) is 30.1 Å². The number of hydrogen-bond acceptors (Lipinski definition) is 3. The summed E-state index contributed by atoms with van der Waals surface area (Å²) in [6.07, 6.45) is 4.94. The van der Waals surface area contributed by atoms with Crippen molar-refractivity contribution in [3.8, 4) is 16.9 Å². The summed E-state index contributed by atoms with van der Waals surface area (Å²) in [6, 6.07) is 8.40. The molecule has 3 nitrogen and oxygen atoms in total. The third-order valence-electron chi connectivity index (χ3n) is 3.26. The van der Waals surface area contributed by atoms with E-state index in [1.54, 1.807) is 0 Å². The lowest BCUT2D eigenvalue weighted by Gasteiger charge is -2.05. The first-order valence-corrected chi connectivity index (χ1v) is 6.20. The van der Waals surface area contributed by atoms with Crippen LogP contribution in [0.2, 0.25) is 0 Å². The Morgan fingerprint density at radius 1 is 1.28 bits per heavy atom. The van der Waals surface area contributed by atoms with Crippen LogP contribution in [-0.4, -0.2) is 11.1 Å². The van der Waals surface area contributed by atoms with Crippen LogP contribution in [0.1, 0.15) is 18.1 Å². The van der Waals surface area contributed by atoms with Crippen molar-refractivity contribution in [2.24, 2.45) is 5.73 Å². The molecule has 18 heavy (non-hydrogen) atoms. The number of benzene rings is 1. The van der Waals surface area contributed by atoms with Gasteiger partial charge in [0.25, 0.3) is 0 Å². The molecular formula is C15H16N2O. The van der Waals surface area contributed by atoms with Gasteiger partial charge in [-0.15, -0.1) is 0 Å². The number of ether oxygens (including phenoxy) is 1. The summed E-state index contributed by atoms with van der Waals surface area (Å²) in [7, 11) is 0. The van der Waals surface area contributed by atoms with Crippen molar-refractivity contribution in [3.05, 3.63) is 47.8 Å². The fourth-order valence-electron chi connectivity index (χ4n) is 2.36. The van der Waals surface area contributed by atoms with E-state index in [-0.39, 0.29) is 6.10 Å². The van der Waals surface area contributed by atoms with Gasteiger partial charge in [-0.2, -0.15) is 0 Å². The number of nitrogens with two attached hydrogens (primary N) is 1. The highest BCUT2D eigenvalue weighted by Gasteiger charge is 2.19. The maximum absolute atomic E-state index is 5.71. The van der Waals surface area contributed by atoms with Gasteiger partial charge in [-0.1, -0.05) is 6.07 Å². The molecule has 0 radical (unpaired) electrons. The Morgan fingerprint density at radius 3 is 3.00 bits per heavy atom. The molecule has 1 unspecified atom stereocenters. The number of nitrogens with zero attached hydrogens (tertiary/aromatic N) is 1. The Bertz CT molecular complexity index is 580. The normalized spacial score (nSPS) is 17.3. The summed E-state index contributed by atoms with van der Waals surface area (Å²) >= 11 is 0. The molecule has 0 saturated carbocycles. The van der Waals surface area contributed by atoms with Gasteiger partial charge < -0.3 is 10.5 Å². The van der Waals surface area contributed by atoms with E-state index >= 15 is 0 Å². The number of pyridine rings is 1. The molecule has 1 atom stereocenters. The van der Waals surface area contributed by atoms with E-state index in [1.165, 1.54) is 11.1 Å². The fourth-order valence-corrected chi connectivity index (χ4v) is 2.36. The largest absolute Gasteiger partial charge is 0.490 e. The molecule has 0 spiro atoms. The Labute approximate surface area is 107 Å². The summed E-state index contributed by atoms with van der Waals surface area (Å²) in [4.78, 5) is 4.23. The zero-order chi connectivity index (χ0) is 12.5. The molecule has 0 fully saturated rings. The van der Waals surface area contributed by atoms with Crippen LogP contribution in [0.3, 0.4) is 0 Å². The quantitative estimate of drug-likeness (QED) is 0.877. The zero-order valence-electron chi connectivity index (χ0n) is 10.4. The highest BCUT2D eigenvalue weighted by atomic mass is 16.5. The van der Waals surface area contributed by atoms with Gasteiger partial charge in [-0.05, 0) is 41.8 Å². The smallest absolute Gasteiger partial charge is 0.123 e. The van der Waals surface area contributed by atoms with Crippen molar-refractivity contribution in [3.63, 3.8) is 0 Å². The Kier molecular flexibility index (Phi) is 2.76. The molecule has 2 N–H and O–H groups in total. The standard InChI is InChI=1S/C15H16N2O/c1-10-4-13-6-12(2-3-15(13)18-10)14-5-11(7-16)8-17-9-14/h2-3,5-6,8-10H,4,7,16H2,1H3. The van der Waals surface area contributed by atoms with Crippen molar-refractivity contribution in [2.75, 3.05) is 0 Å². The van der Waals surface area contributed by atoms with Gasteiger partial charge in [0.05, 0.1) is 0 Å². The minimum absolute atomic E-state index is 0.281. The van der Waals surface area contributed by atoms with E-state index in [1.807, 2.05) is 18.5 Å². The molecule has 1 aliphatic heterocycles. The van der Waals surface area contributed by atoms with Crippen LogP contribution < -0.4 is 10.5 Å². The maximum atomic E-state index is 5.71. The average Bonchev–Trinajstić information content (AvgIpc) is 2.77. The van der Waals surface area contributed by atoms with Gasteiger partial charge in [0.1, 0.15) is 11.9 Å². The van der Waals surface area contributed by atoms with Crippen molar-refractivity contribution in [1.82, 2.24) is 4.98 Å². The molecule has 0 bridgehead atoms. The Balaban J connectivity index is 2.00. The van der Waals surface area contributed by atoms with Crippen LogP contribution in [0.25, 0.3) is 11.1 Å². The molecule has 0 aliphatic carbocycles. The lowest BCUT2D eigenvalue weighted by Crippen LogP contribution is -2.05. The van der Waals surface area contributed by atoms with Gasteiger partial charge in [0.15, 0.2) is 0 Å². The molecule has 1 aromatic carbocycles. The summed E-state index contributed by atoms with van der Waals surface area (Å²) in [5.74, 6) is 1.01. The molecule has 3 rings (SSSR count). The number of aromatic nitrogens is 1. The van der Waals surface area contributed by atoms with E-state index in [0.29, 0.717) is 6.54 Å². The van der Waals surface area contributed by atoms with E-state index < -0.39 is 0 Å². The minimum Gasteiger partial charge on any atom is -0.490 e. The molecule has 2 aromatic rings. The highest BCUT2D eigenvalue weighted by Crippen LogP contribution is 2.32. The van der Waals surface area contributed by atoms with Crippen LogP contribution in [0, 0.1) is 0 Å². The van der Waals surface area contributed by atoms with E-state index in [4.69, 9.17) is 10.5 Å². The van der Waals surface area contributed by atoms with Crippen molar-refractivity contribution >= 4 is 0 Å². The van der Waals surface area contributed by atoms with Crippen LogP contribution in [0.5, 0.6) is 5.75 Å². The second kappa shape index (κ2) is 4.42. The summed E-state index contributed by atoms with van der Waals surface area (Å²) in [5.41, 5.74) is 10.3. The first-order chi connectivity index (χ1) is 8.76. The molecule has 3 heteroatoms. The first-order valence-electron chi connectivity index (χ1n) is 6.20. The molecule has 0 saturated heterocycles. The summed E-state index contributed by atoms with van der Waals surface area (Å²) in [6.45, 7) is 2.61. The lowest BCUT2D eigenvalue weighted by molar-refractivity contribution is 0.254. The van der Waals surface area contributed by atoms with Gasteiger partial charge in [0.2, 0.25) is 0 Å². The zero-order valence-corrected chi connectivity index (χ0v) is 10.4. The number of hydrogen-bond donors (Lipinski definition) is 1. The SMILES string of the molecule is CC1Cc2cc(-c3cncc(CN)c3)ccc2O1. The Morgan fingerprint density at radius 2 is 2.17 bits per heavy atom. The average molecular weight is 240 g/mol. The molecule has 1 aliphatic rings. The number of rotatable bonds is 2. The van der Waals surface area contributed by atoms with Crippen molar-refractivity contribution in [1.29, 1.82) is 0 Å². The molecule has 1 aromatic heterocycles. The van der Waals surface area contributed by atoms with Crippen molar-refractivity contribution < 1.29 is 4.74 Å². The van der Waals surface area contributed by atoms with Crippen LogP contribution in [0.4, 0.5) is 0 Å². The highest BCUT2D eigenvalue weighted by molar-refractivity contribution is 5.66. The molecular weight excluding hydrogens is 224 g/mol. The molecule has 2 heterocycles. The van der Waals surface area contributed by atoms with Crippen LogP contribution in [-0.2, 0) is 13.0 Å². The fraction of sp³-hybridized carbons (Fsp3) is 0.267. The predicted molar refractivity (Wildman–Crippen MR) is 71.4 cm³/mol. The molecule has 92 valence electrons. The van der Waals surface area contributed by atoms with E-state index in [9.17, 15) is 0 Å². The third-order valence-corrected chi connectivity index (χ3v) is 3.26. The van der Waals surface area contributed by atoms with Crippen LogP contribution >= 0.6 is 0 Å². The van der Waals surface area contributed by atoms with Gasteiger partial charge in [0, 0.05) is 30.9 Å². The first kappa shape index (κ1) is 11.2. The van der Waals surface area contributed by atoms with Crippen molar-refractivity contribution in [2.45, 2.75) is 26.0 Å². The molecule has 0 amide bonds. The number of fused-ring (bicyclic) bond motifs is 1. The topological polar surface area (TPSA) is 48.1 Å². The third kappa shape index (κ3) is 1.97. The second-order valence-corrected chi connectivity index (χ2v) is 4.74. The summed E-state index contributed by atoms with van der Waals surface area (Å²) < 4.78 is 5.71. The van der Waals surface area contributed by atoms with Gasteiger partial charge in [-0.3, -0.25) is 4.98 Å².